The van der Waals surface area contributed by atoms with Crippen molar-refractivity contribution in [1.29, 1.82) is 0 Å². The van der Waals surface area contributed by atoms with Crippen molar-refractivity contribution in [2.24, 2.45) is 0 Å². The summed E-state index contributed by atoms with van der Waals surface area (Å²) in [5.74, 6) is 0.265. The van der Waals surface area contributed by atoms with Crippen LogP contribution in [0.1, 0.15) is 11.4 Å². The molecule has 3 aromatic rings. The van der Waals surface area contributed by atoms with E-state index in [1.54, 1.807) is 17.7 Å². The largest absolute Gasteiger partial charge is 0.434 e. The third-order valence-electron chi connectivity index (χ3n) is 3.19. The van der Waals surface area contributed by atoms with Gasteiger partial charge in [-0.15, -0.1) is 5.10 Å². The standard InChI is InChI=1S/C12H11F3N6OS/c1-7-3-9(22)21-11(17-10(18-21)23-2)20(7)6-19-4-8(16-5-19)12(13,14)15/h3-5H,6H2,1-2H3. The van der Waals surface area contributed by atoms with Gasteiger partial charge < -0.3 is 4.57 Å². The Labute approximate surface area is 131 Å². The number of thioether (sulfide) groups is 1. The number of aryl methyl sites for hydroxylation is 1. The Hall–Kier alpha value is -2.30. The third kappa shape index (κ3) is 2.83. The van der Waals surface area contributed by atoms with E-state index in [2.05, 4.69) is 15.1 Å². The van der Waals surface area contributed by atoms with Crippen LogP contribution >= 0.6 is 11.8 Å². The summed E-state index contributed by atoms with van der Waals surface area (Å²) in [7, 11) is 0. The van der Waals surface area contributed by atoms with Gasteiger partial charge >= 0.3 is 6.18 Å². The molecule has 0 fully saturated rings. The molecule has 0 aliphatic carbocycles. The van der Waals surface area contributed by atoms with Crippen molar-refractivity contribution in [3.63, 3.8) is 0 Å². The molecule has 11 heteroatoms. The monoisotopic (exact) mass is 344 g/mol. The van der Waals surface area contributed by atoms with Gasteiger partial charge in [0, 0.05) is 18.0 Å². The molecule has 0 aromatic carbocycles. The average molecular weight is 344 g/mol. The highest BCUT2D eigenvalue weighted by Gasteiger charge is 2.33. The van der Waals surface area contributed by atoms with Gasteiger partial charge in [-0.3, -0.25) is 9.36 Å². The van der Waals surface area contributed by atoms with Crippen LogP contribution in [0.15, 0.2) is 28.5 Å². The van der Waals surface area contributed by atoms with Crippen LogP contribution < -0.4 is 5.56 Å². The van der Waals surface area contributed by atoms with Crippen LogP contribution in [-0.4, -0.2) is 35.0 Å². The second kappa shape index (κ2) is 5.41. The zero-order valence-corrected chi connectivity index (χ0v) is 12.9. The Morgan fingerprint density at radius 1 is 1.35 bits per heavy atom. The summed E-state index contributed by atoms with van der Waals surface area (Å²) in [6.07, 6.45) is -0.745. The quantitative estimate of drug-likeness (QED) is 0.676. The predicted molar refractivity (Wildman–Crippen MR) is 76.4 cm³/mol. The summed E-state index contributed by atoms with van der Waals surface area (Å²) < 4.78 is 41.9. The molecule has 23 heavy (non-hydrogen) atoms. The maximum Gasteiger partial charge on any atom is 0.434 e. The molecule has 0 bridgehead atoms. The molecule has 0 aliphatic rings. The van der Waals surface area contributed by atoms with Crippen molar-refractivity contribution in [3.05, 3.63) is 40.3 Å². The highest BCUT2D eigenvalue weighted by atomic mass is 32.2. The maximum absolute atomic E-state index is 12.6. The summed E-state index contributed by atoms with van der Waals surface area (Å²) in [5, 5.41) is 4.45. The number of hydrogen-bond acceptors (Lipinski definition) is 5. The summed E-state index contributed by atoms with van der Waals surface area (Å²) in [6.45, 7) is 1.71. The van der Waals surface area contributed by atoms with Crippen LogP contribution in [0, 0.1) is 6.92 Å². The molecular weight excluding hydrogens is 333 g/mol. The molecule has 3 rings (SSSR count). The highest BCUT2D eigenvalue weighted by Crippen LogP contribution is 2.27. The van der Waals surface area contributed by atoms with Crippen LogP contribution in [0.3, 0.4) is 0 Å². The van der Waals surface area contributed by atoms with Crippen molar-refractivity contribution in [2.45, 2.75) is 24.9 Å². The molecule has 0 radical (unpaired) electrons. The minimum absolute atomic E-state index is 0.0329. The Morgan fingerprint density at radius 3 is 2.70 bits per heavy atom. The SMILES string of the molecule is CSc1nc2n(Cn3cnc(C(F)(F)F)c3)c(C)cc(=O)n2n1. The van der Waals surface area contributed by atoms with Gasteiger partial charge in [0.2, 0.25) is 10.9 Å². The van der Waals surface area contributed by atoms with Gasteiger partial charge in [0.05, 0.1) is 6.33 Å². The summed E-state index contributed by atoms with van der Waals surface area (Å²) in [4.78, 5) is 19.5. The van der Waals surface area contributed by atoms with E-state index in [1.165, 1.54) is 22.4 Å². The molecule has 0 saturated heterocycles. The van der Waals surface area contributed by atoms with Gasteiger partial charge in [-0.2, -0.15) is 22.7 Å². The fourth-order valence-corrected chi connectivity index (χ4v) is 2.43. The van der Waals surface area contributed by atoms with Gasteiger partial charge in [-0.25, -0.2) is 4.98 Å². The first-order valence-corrected chi connectivity index (χ1v) is 7.62. The molecule has 122 valence electrons. The Morgan fingerprint density at radius 2 is 2.09 bits per heavy atom. The lowest BCUT2D eigenvalue weighted by Gasteiger charge is -2.11. The molecule has 0 atom stereocenters. The molecule has 0 unspecified atom stereocenters. The Bertz CT molecular complexity index is 925. The second-order valence-electron chi connectivity index (χ2n) is 4.77. The zero-order valence-electron chi connectivity index (χ0n) is 12.1. The molecule has 7 nitrogen and oxygen atoms in total. The Balaban J connectivity index is 2.07. The number of halogens is 3. The average Bonchev–Trinajstić information content (AvgIpc) is 3.09. The van der Waals surface area contributed by atoms with Crippen molar-refractivity contribution in [1.82, 2.24) is 28.7 Å². The molecule has 3 heterocycles. The van der Waals surface area contributed by atoms with E-state index in [-0.39, 0.29) is 18.0 Å². The first-order chi connectivity index (χ1) is 10.8. The smallest absolute Gasteiger partial charge is 0.318 e. The number of hydrogen-bond donors (Lipinski definition) is 0. The van der Waals surface area contributed by atoms with E-state index in [0.29, 0.717) is 10.9 Å². The number of rotatable bonds is 3. The molecule has 0 saturated carbocycles. The number of alkyl halides is 3. The molecular formula is C12H11F3N6OS. The topological polar surface area (TPSA) is 70.0 Å². The van der Waals surface area contributed by atoms with Crippen molar-refractivity contribution in [2.75, 3.05) is 6.26 Å². The lowest BCUT2D eigenvalue weighted by atomic mass is 10.4. The fourth-order valence-electron chi connectivity index (χ4n) is 2.09. The number of aromatic nitrogens is 6. The number of nitrogens with zero attached hydrogens (tertiary/aromatic N) is 6. The molecule has 0 amide bonds. The molecule has 3 aromatic heterocycles. The minimum atomic E-state index is -4.50. The number of fused-ring (bicyclic) bond motifs is 1. The van der Waals surface area contributed by atoms with Gasteiger partial charge in [0.25, 0.3) is 5.56 Å². The second-order valence-corrected chi connectivity index (χ2v) is 5.55. The predicted octanol–water partition coefficient (Wildman–Crippen LogP) is 1.64. The van der Waals surface area contributed by atoms with E-state index in [4.69, 9.17) is 0 Å². The minimum Gasteiger partial charge on any atom is -0.318 e. The normalized spacial score (nSPS) is 12.2. The van der Waals surface area contributed by atoms with E-state index in [9.17, 15) is 18.0 Å². The maximum atomic E-state index is 12.6. The van der Waals surface area contributed by atoms with Crippen LogP contribution in [0.25, 0.3) is 5.78 Å². The number of imidazole rings is 1. The lowest BCUT2D eigenvalue weighted by Crippen LogP contribution is -2.22. The lowest BCUT2D eigenvalue weighted by molar-refractivity contribution is -0.140. The van der Waals surface area contributed by atoms with Crippen molar-refractivity contribution in [3.8, 4) is 0 Å². The Kier molecular flexibility index (Phi) is 3.66. The van der Waals surface area contributed by atoms with Crippen LogP contribution in [0.2, 0.25) is 0 Å². The van der Waals surface area contributed by atoms with Crippen LogP contribution in [0.5, 0.6) is 0 Å². The van der Waals surface area contributed by atoms with E-state index >= 15 is 0 Å². The van der Waals surface area contributed by atoms with Crippen LogP contribution in [-0.2, 0) is 12.8 Å². The van der Waals surface area contributed by atoms with Gasteiger partial charge in [-0.1, -0.05) is 11.8 Å². The van der Waals surface area contributed by atoms with Gasteiger partial charge in [-0.05, 0) is 13.2 Å². The molecule has 0 N–H and O–H groups in total. The van der Waals surface area contributed by atoms with E-state index in [0.717, 1.165) is 17.0 Å². The summed E-state index contributed by atoms with van der Waals surface area (Å²) in [5.41, 5.74) is -0.758. The van der Waals surface area contributed by atoms with Crippen LogP contribution in [0.4, 0.5) is 13.2 Å². The van der Waals surface area contributed by atoms with Gasteiger partial charge in [0.1, 0.15) is 6.67 Å². The summed E-state index contributed by atoms with van der Waals surface area (Å²) in [6, 6.07) is 1.35. The van der Waals surface area contributed by atoms with E-state index < -0.39 is 11.9 Å². The van der Waals surface area contributed by atoms with Crippen molar-refractivity contribution < 1.29 is 13.2 Å². The highest BCUT2D eigenvalue weighted by molar-refractivity contribution is 7.98. The third-order valence-corrected chi connectivity index (χ3v) is 3.73. The first-order valence-electron chi connectivity index (χ1n) is 6.40. The van der Waals surface area contributed by atoms with E-state index in [1.807, 2.05) is 0 Å². The fraction of sp³-hybridized carbons (Fsp3) is 0.333. The zero-order chi connectivity index (χ0) is 16.8. The van der Waals surface area contributed by atoms with Crippen molar-refractivity contribution >= 4 is 17.5 Å². The summed E-state index contributed by atoms with van der Waals surface area (Å²) >= 11 is 1.27. The first kappa shape index (κ1) is 15.6. The molecule has 0 spiro atoms. The molecule has 0 aliphatic heterocycles. The van der Waals surface area contributed by atoms with Gasteiger partial charge in [0.15, 0.2) is 5.69 Å².